The number of hydrogen-bond donors (Lipinski definition) is 1. The van der Waals surface area contributed by atoms with Crippen LogP contribution in [0.2, 0.25) is 0 Å². The molecule has 2 rings (SSSR count). The van der Waals surface area contributed by atoms with Gasteiger partial charge in [-0.2, -0.15) is 0 Å². The zero-order valence-corrected chi connectivity index (χ0v) is 8.06. The van der Waals surface area contributed by atoms with Gasteiger partial charge >= 0.3 is 5.97 Å². The predicted octanol–water partition coefficient (Wildman–Crippen LogP) is 1.38. The molecule has 0 aliphatic heterocycles. The van der Waals surface area contributed by atoms with Gasteiger partial charge in [0.05, 0.1) is 6.20 Å². The number of halogens is 3. The number of carboxylic acids is 1. The lowest BCUT2D eigenvalue weighted by atomic mass is 10.3. The van der Waals surface area contributed by atoms with E-state index in [9.17, 15) is 18.0 Å². The molecule has 0 atom stereocenters. The quantitative estimate of drug-likeness (QED) is 0.809. The lowest BCUT2D eigenvalue weighted by Crippen LogP contribution is -2.02. The first-order valence-corrected chi connectivity index (χ1v) is 4.29. The summed E-state index contributed by atoms with van der Waals surface area (Å²) in [4.78, 5) is 10.5. The maximum atomic E-state index is 13.3. The van der Waals surface area contributed by atoms with Gasteiger partial charge in [-0.3, -0.25) is 0 Å². The van der Waals surface area contributed by atoms with Crippen LogP contribution in [0.25, 0.3) is 5.69 Å². The highest BCUT2D eigenvalue weighted by Crippen LogP contribution is 2.17. The van der Waals surface area contributed by atoms with E-state index >= 15 is 0 Å². The summed E-state index contributed by atoms with van der Waals surface area (Å²) in [7, 11) is 0. The van der Waals surface area contributed by atoms with Gasteiger partial charge in [-0.05, 0) is 0 Å². The van der Waals surface area contributed by atoms with Crippen molar-refractivity contribution in [3.05, 3.63) is 41.5 Å². The lowest BCUT2D eigenvalue weighted by Gasteiger charge is -2.02. The van der Waals surface area contributed by atoms with Crippen LogP contribution in [0.5, 0.6) is 0 Å². The van der Waals surface area contributed by atoms with Crippen LogP contribution in [0.3, 0.4) is 0 Å². The number of benzene rings is 1. The van der Waals surface area contributed by atoms with Crippen LogP contribution in [0.15, 0.2) is 18.3 Å². The number of aromatic nitrogens is 3. The van der Waals surface area contributed by atoms with Crippen LogP contribution in [-0.4, -0.2) is 26.1 Å². The summed E-state index contributed by atoms with van der Waals surface area (Å²) < 4.78 is 39.7. The summed E-state index contributed by atoms with van der Waals surface area (Å²) in [6, 6.07) is 1.05. The van der Waals surface area contributed by atoms with Crippen molar-refractivity contribution in [3.63, 3.8) is 0 Å². The van der Waals surface area contributed by atoms with Gasteiger partial charge < -0.3 is 5.11 Å². The number of nitrogens with zero attached hydrogens (tertiary/aromatic N) is 3. The first kappa shape index (κ1) is 11.1. The van der Waals surface area contributed by atoms with Gasteiger partial charge in [-0.15, -0.1) is 5.10 Å². The summed E-state index contributed by atoms with van der Waals surface area (Å²) in [5.41, 5.74) is -1.02. The molecule has 5 nitrogen and oxygen atoms in total. The fraction of sp³-hybridized carbons (Fsp3) is 0. The van der Waals surface area contributed by atoms with Crippen molar-refractivity contribution < 1.29 is 23.1 Å². The number of carboxylic acid groups (broad SMARTS) is 1. The van der Waals surface area contributed by atoms with Gasteiger partial charge in [-0.1, -0.05) is 5.21 Å². The second-order valence-electron chi connectivity index (χ2n) is 3.07. The van der Waals surface area contributed by atoms with E-state index < -0.39 is 34.8 Å². The van der Waals surface area contributed by atoms with Gasteiger partial charge in [0.1, 0.15) is 11.5 Å². The molecular formula is C9H4F3N3O2. The molecule has 0 spiro atoms. The second-order valence-corrected chi connectivity index (χ2v) is 3.07. The Morgan fingerprint density at radius 1 is 1.29 bits per heavy atom. The highest BCUT2D eigenvalue weighted by molar-refractivity contribution is 5.84. The molecular weight excluding hydrogens is 239 g/mol. The molecule has 1 N–H and O–H groups in total. The lowest BCUT2D eigenvalue weighted by molar-refractivity contribution is 0.0690. The fourth-order valence-corrected chi connectivity index (χ4v) is 1.19. The Morgan fingerprint density at radius 2 is 2.00 bits per heavy atom. The zero-order valence-electron chi connectivity index (χ0n) is 8.06. The van der Waals surface area contributed by atoms with E-state index in [4.69, 9.17) is 5.11 Å². The Labute approximate surface area is 92.1 Å². The van der Waals surface area contributed by atoms with Crippen LogP contribution in [0.4, 0.5) is 13.2 Å². The SMILES string of the molecule is O=C(O)c1cn(-c2cc(F)cc(F)c2F)nn1. The Balaban J connectivity index is 2.56. The molecule has 1 aromatic heterocycles. The standard InChI is InChI=1S/C9H4F3N3O2/c10-4-1-5(11)8(12)7(2-4)15-3-6(9(16)17)13-14-15/h1-3H,(H,16,17). The Morgan fingerprint density at radius 3 is 2.59 bits per heavy atom. The first-order chi connectivity index (χ1) is 7.99. The van der Waals surface area contributed by atoms with E-state index in [1.807, 2.05) is 0 Å². The van der Waals surface area contributed by atoms with Crippen molar-refractivity contribution in [2.75, 3.05) is 0 Å². The molecule has 0 amide bonds. The monoisotopic (exact) mass is 243 g/mol. The van der Waals surface area contributed by atoms with Gasteiger partial charge in [-0.25, -0.2) is 22.6 Å². The minimum Gasteiger partial charge on any atom is -0.476 e. The smallest absolute Gasteiger partial charge is 0.358 e. The van der Waals surface area contributed by atoms with Crippen LogP contribution >= 0.6 is 0 Å². The van der Waals surface area contributed by atoms with Gasteiger partial charge in [0.2, 0.25) is 0 Å². The van der Waals surface area contributed by atoms with Crippen molar-refractivity contribution >= 4 is 5.97 Å². The highest BCUT2D eigenvalue weighted by Gasteiger charge is 2.16. The minimum atomic E-state index is -1.40. The molecule has 88 valence electrons. The molecule has 8 heteroatoms. The molecule has 17 heavy (non-hydrogen) atoms. The topological polar surface area (TPSA) is 68.0 Å². The average Bonchev–Trinajstić information content (AvgIpc) is 2.72. The van der Waals surface area contributed by atoms with Crippen molar-refractivity contribution in [1.29, 1.82) is 0 Å². The summed E-state index contributed by atoms with van der Waals surface area (Å²) in [6.07, 6.45) is 0.847. The molecule has 1 aromatic carbocycles. The fourth-order valence-electron chi connectivity index (χ4n) is 1.19. The van der Waals surface area contributed by atoms with Crippen LogP contribution < -0.4 is 0 Å². The van der Waals surface area contributed by atoms with Crippen LogP contribution in [-0.2, 0) is 0 Å². The van der Waals surface area contributed by atoms with Gasteiger partial charge in [0, 0.05) is 12.1 Å². The third-order valence-corrected chi connectivity index (χ3v) is 1.93. The Bertz CT molecular complexity index is 597. The van der Waals surface area contributed by atoms with E-state index in [1.165, 1.54) is 0 Å². The normalized spacial score (nSPS) is 10.5. The maximum absolute atomic E-state index is 13.3. The number of rotatable bonds is 2. The molecule has 0 unspecified atom stereocenters. The highest BCUT2D eigenvalue weighted by atomic mass is 19.2. The van der Waals surface area contributed by atoms with E-state index in [1.54, 1.807) is 0 Å². The largest absolute Gasteiger partial charge is 0.476 e. The molecule has 2 aromatic rings. The number of aromatic carboxylic acids is 1. The summed E-state index contributed by atoms with van der Waals surface area (Å²) in [6.45, 7) is 0. The molecule has 1 heterocycles. The van der Waals surface area contributed by atoms with Crippen molar-refractivity contribution in [1.82, 2.24) is 15.0 Å². The average molecular weight is 243 g/mol. The Kier molecular flexibility index (Phi) is 2.54. The van der Waals surface area contributed by atoms with Crippen LogP contribution in [0.1, 0.15) is 10.5 Å². The molecule has 0 saturated carbocycles. The molecule has 0 aliphatic rings. The molecule has 0 radical (unpaired) electrons. The number of carbonyl (C=O) groups is 1. The molecule has 0 aliphatic carbocycles. The van der Waals surface area contributed by atoms with Gasteiger partial charge in [0.25, 0.3) is 0 Å². The maximum Gasteiger partial charge on any atom is 0.358 e. The Hall–Kier alpha value is -2.38. The molecule has 0 fully saturated rings. The van der Waals surface area contributed by atoms with Crippen molar-refractivity contribution in [3.8, 4) is 5.69 Å². The minimum absolute atomic E-state index is 0.369. The number of hydrogen-bond acceptors (Lipinski definition) is 3. The van der Waals surface area contributed by atoms with E-state index in [2.05, 4.69) is 10.3 Å². The summed E-state index contributed by atoms with van der Waals surface area (Å²) in [5, 5.41) is 15.0. The van der Waals surface area contributed by atoms with Crippen molar-refractivity contribution in [2.45, 2.75) is 0 Å². The zero-order chi connectivity index (χ0) is 12.6. The van der Waals surface area contributed by atoms with Crippen molar-refractivity contribution in [2.24, 2.45) is 0 Å². The predicted molar refractivity (Wildman–Crippen MR) is 48.2 cm³/mol. The third-order valence-electron chi connectivity index (χ3n) is 1.93. The second kappa shape index (κ2) is 3.89. The van der Waals surface area contributed by atoms with E-state index in [-0.39, 0.29) is 0 Å². The van der Waals surface area contributed by atoms with Crippen LogP contribution in [0, 0.1) is 17.5 Å². The summed E-state index contributed by atoms with van der Waals surface area (Å²) in [5.74, 6) is -5.12. The van der Waals surface area contributed by atoms with E-state index in [0.29, 0.717) is 16.8 Å². The first-order valence-electron chi connectivity index (χ1n) is 4.29. The van der Waals surface area contributed by atoms with Gasteiger partial charge in [0.15, 0.2) is 17.3 Å². The third kappa shape index (κ3) is 1.96. The van der Waals surface area contributed by atoms with E-state index in [0.717, 1.165) is 6.20 Å². The molecule has 0 bridgehead atoms. The summed E-state index contributed by atoms with van der Waals surface area (Å²) >= 11 is 0. The molecule has 0 saturated heterocycles.